The van der Waals surface area contributed by atoms with Crippen LogP contribution in [0.5, 0.6) is 5.75 Å². The van der Waals surface area contributed by atoms with Crippen molar-refractivity contribution >= 4 is 17.4 Å². The van der Waals surface area contributed by atoms with Crippen molar-refractivity contribution in [3.05, 3.63) is 78.9 Å². The number of carbonyl (C=O) groups excluding carboxylic acids is 1. The van der Waals surface area contributed by atoms with Gasteiger partial charge in [0.15, 0.2) is 0 Å². The summed E-state index contributed by atoms with van der Waals surface area (Å²) in [6.45, 7) is 4.42. The third-order valence-electron chi connectivity index (χ3n) is 5.75. The Balaban J connectivity index is 1.20. The van der Waals surface area contributed by atoms with Gasteiger partial charge in [-0.15, -0.1) is 0 Å². The number of nitrogens with two attached hydrogens (primary N) is 1. The standard InChI is InChI=1S/C26H30N4O3/c27-26(32)28-22-8-12-25(13-9-22)33-19-24(31)18-29-14-16-30(17-15-29)23-10-6-21(7-11-23)20-4-2-1-3-5-20/h1-13,24,31H,14-19H2,(H3,27,28,32)/t24-/m0/s1. The molecule has 4 N–H and O–H groups in total. The average molecular weight is 447 g/mol. The number of rotatable bonds is 8. The molecule has 3 aromatic carbocycles. The van der Waals surface area contributed by atoms with Gasteiger partial charge in [0.05, 0.1) is 0 Å². The van der Waals surface area contributed by atoms with Gasteiger partial charge >= 0.3 is 6.03 Å². The number of aliphatic hydroxyl groups excluding tert-OH is 1. The average Bonchev–Trinajstić information content (AvgIpc) is 2.84. The van der Waals surface area contributed by atoms with E-state index in [0.717, 1.165) is 26.2 Å². The highest BCUT2D eigenvalue weighted by Gasteiger charge is 2.20. The highest BCUT2D eigenvalue weighted by atomic mass is 16.5. The molecule has 1 aliphatic rings. The molecular weight excluding hydrogens is 416 g/mol. The lowest BCUT2D eigenvalue weighted by Gasteiger charge is -2.37. The van der Waals surface area contributed by atoms with E-state index in [2.05, 4.69) is 63.6 Å². The van der Waals surface area contributed by atoms with E-state index in [0.29, 0.717) is 18.0 Å². The van der Waals surface area contributed by atoms with E-state index in [1.807, 2.05) is 6.07 Å². The van der Waals surface area contributed by atoms with Crippen molar-refractivity contribution in [1.29, 1.82) is 0 Å². The molecule has 1 atom stereocenters. The summed E-state index contributed by atoms with van der Waals surface area (Å²) in [6.07, 6.45) is -0.579. The van der Waals surface area contributed by atoms with Crippen molar-refractivity contribution in [2.75, 3.05) is 49.5 Å². The topological polar surface area (TPSA) is 91.1 Å². The fourth-order valence-electron chi connectivity index (χ4n) is 4.00. The maximum atomic E-state index is 10.9. The minimum atomic E-state index is -0.608. The van der Waals surface area contributed by atoms with Gasteiger partial charge < -0.3 is 25.8 Å². The van der Waals surface area contributed by atoms with Crippen molar-refractivity contribution in [2.24, 2.45) is 5.73 Å². The molecule has 1 aliphatic heterocycles. The number of piperazine rings is 1. The van der Waals surface area contributed by atoms with E-state index in [4.69, 9.17) is 10.5 Å². The zero-order valence-corrected chi connectivity index (χ0v) is 18.6. The Morgan fingerprint density at radius 3 is 2.18 bits per heavy atom. The predicted octanol–water partition coefficient (Wildman–Crippen LogP) is 3.41. The monoisotopic (exact) mass is 446 g/mol. The van der Waals surface area contributed by atoms with Crippen LogP contribution in [-0.4, -0.2) is 61.5 Å². The van der Waals surface area contributed by atoms with Gasteiger partial charge in [-0.25, -0.2) is 4.79 Å². The van der Waals surface area contributed by atoms with Gasteiger partial charge in [0.2, 0.25) is 0 Å². The SMILES string of the molecule is NC(=O)Nc1ccc(OC[C@@H](O)CN2CCN(c3ccc(-c4ccccc4)cc3)CC2)cc1. The van der Waals surface area contributed by atoms with Crippen LogP contribution in [0.2, 0.25) is 0 Å². The molecular formula is C26H30N4O3. The first-order valence-electron chi connectivity index (χ1n) is 11.2. The maximum Gasteiger partial charge on any atom is 0.316 e. The van der Waals surface area contributed by atoms with Crippen molar-refractivity contribution in [2.45, 2.75) is 6.10 Å². The van der Waals surface area contributed by atoms with E-state index in [-0.39, 0.29) is 6.61 Å². The second-order valence-corrected chi connectivity index (χ2v) is 8.18. The zero-order chi connectivity index (χ0) is 23.0. The number of carbonyl (C=O) groups is 1. The summed E-state index contributed by atoms with van der Waals surface area (Å²) in [7, 11) is 0. The minimum absolute atomic E-state index is 0.212. The second kappa shape index (κ2) is 10.8. The van der Waals surface area contributed by atoms with Gasteiger partial charge in [-0.05, 0) is 47.5 Å². The van der Waals surface area contributed by atoms with Crippen molar-refractivity contribution < 1.29 is 14.6 Å². The number of primary amides is 1. The summed E-state index contributed by atoms with van der Waals surface area (Å²) < 4.78 is 5.68. The number of urea groups is 1. The smallest absolute Gasteiger partial charge is 0.316 e. The minimum Gasteiger partial charge on any atom is -0.491 e. The van der Waals surface area contributed by atoms with E-state index >= 15 is 0 Å². The van der Waals surface area contributed by atoms with Crippen LogP contribution >= 0.6 is 0 Å². The molecule has 7 nitrogen and oxygen atoms in total. The molecule has 33 heavy (non-hydrogen) atoms. The number of ether oxygens (including phenoxy) is 1. The maximum absolute atomic E-state index is 10.9. The third kappa shape index (κ3) is 6.47. The lowest BCUT2D eigenvalue weighted by Crippen LogP contribution is -2.49. The highest BCUT2D eigenvalue weighted by Crippen LogP contribution is 2.24. The molecule has 3 aromatic rings. The van der Waals surface area contributed by atoms with Crippen LogP contribution in [0.25, 0.3) is 11.1 Å². The Morgan fingerprint density at radius 2 is 1.55 bits per heavy atom. The first-order chi connectivity index (χ1) is 16.1. The number of nitrogens with one attached hydrogen (secondary N) is 1. The molecule has 1 saturated heterocycles. The quantitative estimate of drug-likeness (QED) is 0.493. The molecule has 0 radical (unpaired) electrons. The van der Waals surface area contributed by atoms with Crippen LogP contribution in [0.4, 0.5) is 16.2 Å². The Hall–Kier alpha value is -3.55. The molecule has 4 rings (SSSR count). The van der Waals surface area contributed by atoms with Gasteiger partial charge in [0, 0.05) is 44.1 Å². The zero-order valence-electron chi connectivity index (χ0n) is 18.6. The van der Waals surface area contributed by atoms with Gasteiger partial charge in [-0.3, -0.25) is 4.90 Å². The summed E-state index contributed by atoms with van der Waals surface area (Å²) in [5, 5.41) is 12.9. The fraction of sp³-hybridized carbons (Fsp3) is 0.269. The fourth-order valence-corrected chi connectivity index (χ4v) is 4.00. The largest absolute Gasteiger partial charge is 0.491 e. The Morgan fingerprint density at radius 1 is 0.909 bits per heavy atom. The van der Waals surface area contributed by atoms with Crippen LogP contribution in [0.3, 0.4) is 0 Å². The van der Waals surface area contributed by atoms with Gasteiger partial charge in [0.25, 0.3) is 0 Å². The highest BCUT2D eigenvalue weighted by molar-refractivity contribution is 5.87. The molecule has 0 aromatic heterocycles. The number of hydrogen-bond donors (Lipinski definition) is 3. The normalized spacial score (nSPS) is 15.1. The Bertz CT molecular complexity index is 1020. The van der Waals surface area contributed by atoms with E-state index < -0.39 is 12.1 Å². The number of benzene rings is 3. The number of nitrogens with zero attached hydrogens (tertiary/aromatic N) is 2. The van der Waals surface area contributed by atoms with Crippen LogP contribution in [-0.2, 0) is 0 Å². The molecule has 1 fully saturated rings. The van der Waals surface area contributed by atoms with Gasteiger partial charge in [-0.1, -0.05) is 42.5 Å². The summed E-state index contributed by atoms with van der Waals surface area (Å²) in [5.41, 5.74) is 9.37. The number of hydrogen-bond acceptors (Lipinski definition) is 5. The summed E-state index contributed by atoms with van der Waals surface area (Å²) in [5.74, 6) is 0.632. The number of anilines is 2. The third-order valence-corrected chi connectivity index (χ3v) is 5.75. The number of β-amino-alcohol motifs (C(OH)–C–C–N with tert-alkyl or cyclic N) is 1. The van der Waals surface area contributed by atoms with Crippen LogP contribution in [0.15, 0.2) is 78.9 Å². The molecule has 0 unspecified atom stereocenters. The summed E-state index contributed by atoms with van der Waals surface area (Å²) >= 11 is 0. The molecule has 1 heterocycles. The lowest BCUT2D eigenvalue weighted by atomic mass is 10.1. The lowest BCUT2D eigenvalue weighted by molar-refractivity contribution is 0.0663. The molecule has 0 bridgehead atoms. The van der Waals surface area contributed by atoms with Crippen molar-refractivity contribution in [1.82, 2.24) is 4.90 Å². The van der Waals surface area contributed by atoms with E-state index in [1.165, 1.54) is 16.8 Å². The number of amides is 2. The van der Waals surface area contributed by atoms with E-state index in [9.17, 15) is 9.90 Å². The Labute approximate surface area is 194 Å². The van der Waals surface area contributed by atoms with Crippen molar-refractivity contribution in [3.8, 4) is 16.9 Å². The van der Waals surface area contributed by atoms with Crippen LogP contribution in [0, 0.1) is 0 Å². The number of aliphatic hydroxyl groups is 1. The van der Waals surface area contributed by atoms with E-state index in [1.54, 1.807) is 24.3 Å². The predicted molar refractivity (Wildman–Crippen MR) is 132 cm³/mol. The summed E-state index contributed by atoms with van der Waals surface area (Å²) in [4.78, 5) is 15.5. The first-order valence-corrected chi connectivity index (χ1v) is 11.2. The first kappa shape index (κ1) is 22.6. The van der Waals surface area contributed by atoms with Crippen molar-refractivity contribution in [3.63, 3.8) is 0 Å². The molecule has 0 spiro atoms. The molecule has 0 saturated carbocycles. The van der Waals surface area contributed by atoms with Crippen LogP contribution in [0.1, 0.15) is 0 Å². The summed E-state index contributed by atoms with van der Waals surface area (Å²) in [6, 6.07) is 25.4. The molecule has 7 heteroatoms. The van der Waals surface area contributed by atoms with Gasteiger partial charge in [0.1, 0.15) is 18.5 Å². The van der Waals surface area contributed by atoms with Crippen LogP contribution < -0.4 is 20.7 Å². The molecule has 2 amide bonds. The Kier molecular flexibility index (Phi) is 7.44. The molecule has 172 valence electrons. The molecule has 0 aliphatic carbocycles. The van der Waals surface area contributed by atoms with Gasteiger partial charge in [-0.2, -0.15) is 0 Å². The second-order valence-electron chi connectivity index (χ2n) is 8.18.